The summed E-state index contributed by atoms with van der Waals surface area (Å²) in [5, 5.41) is 6.15. The summed E-state index contributed by atoms with van der Waals surface area (Å²) in [6, 6.07) is -0.693. The summed E-state index contributed by atoms with van der Waals surface area (Å²) in [6.45, 7) is 26.9. The maximum atomic E-state index is 14.8. The van der Waals surface area contributed by atoms with Crippen molar-refractivity contribution in [3.63, 3.8) is 0 Å². The van der Waals surface area contributed by atoms with Crippen LogP contribution >= 0.6 is 0 Å². The summed E-state index contributed by atoms with van der Waals surface area (Å²) in [5.41, 5.74) is -0.569. The van der Waals surface area contributed by atoms with Crippen molar-refractivity contribution in [3.05, 3.63) is 22.8 Å². The van der Waals surface area contributed by atoms with E-state index in [4.69, 9.17) is 35.2 Å². The molecule has 3 saturated carbocycles. The Balaban J connectivity index is 1.56. The van der Waals surface area contributed by atoms with E-state index in [-0.39, 0.29) is 70.4 Å². The molecule has 2 aromatic rings. The summed E-state index contributed by atoms with van der Waals surface area (Å²) < 4.78 is 30.0. The summed E-state index contributed by atoms with van der Waals surface area (Å²) in [7, 11) is 2.96. The van der Waals surface area contributed by atoms with Gasteiger partial charge in [-0.05, 0) is 75.5 Å². The molecule has 0 saturated heterocycles. The number of aromatic amines is 1. The molecule has 338 valence electrons. The van der Waals surface area contributed by atoms with Crippen LogP contribution in [0.1, 0.15) is 155 Å². The smallest absolute Gasteiger partial charge is 0.415 e. The number of esters is 3. The van der Waals surface area contributed by atoms with E-state index in [0.717, 1.165) is 44.9 Å². The molecule has 61 heavy (non-hydrogen) atoms. The summed E-state index contributed by atoms with van der Waals surface area (Å²) in [6.07, 6.45) is 4.48. The Morgan fingerprint density at radius 1 is 0.984 bits per heavy atom. The van der Waals surface area contributed by atoms with Gasteiger partial charge >= 0.3 is 24.0 Å². The van der Waals surface area contributed by atoms with Gasteiger partial charge in [-0.1, -0.05) is 67.7 Å². The molecule has 16 nitrogen and oxygen atoms in total. The van der Waals surface area contributed by atoms with Gasteiger partial charge in [-0.25, -0.2) is 28.7 Å². The third kappa shape index (κ3) is 11.1. The van der Waals surface area contributed by atoms with Crippen LogP contribution in [0.3, 0.4) is 0 Å². The fourth-order valence-electron chi connectivity index (χ4n) is 9.67. The Morgan fingerprint density at radius 3 is 2.20 bits per heavy atom. The number of ether oxygens (including phenoxy) is 5. The lowest BCUT2D eigenvalue weighted by Gasteiger charge is -2.50. The lowest BCUT2D eigenvalue weighted by atomic mass is 9.59. The van der Waals surface area contributed by atoms with Gasteiger partial charge in [0, 0.05) is 30.8 Å². The van der Waals surface area contributed by atoms with Crippen LogP contribution in [0.15, 0.2) is 0 Å². The molecule has 5 rings (SSSR count). The first-order valence-corrected chi connectivity index (χ1v) is 22.0. The second-order valence-electron chi connectivity index (χ2n) is 19.6. The SMILES string of the molecule is [C-]#[N+]c1c(C(=O)OC2C(C(C)(C)C)CC(C)CC2C(C)(C)C)c2nc(C3CCC(OC(C)C(=O)OC)C(NC(=O)CC(=O)OCC)C3)[nH]n2c1OC(=O)N(C)C1CCCCC1. The van der Waals surface area contributed by atoms with Gasteiger partial charge in [0.05, 0.1) is 32.4 Å². The van der Waals surface area contributed by atoms with Crippen molar-refractivity contribution in [2.75, 3.05) is 20.8 Å². The highest BCUT2D eigenvalue weighted by Gasteiger charge is 2.49. The molecular weight excluding hydrogens is 785 g/mol. The van der Waals surface area contributed by atoms with Crippen molar-refractivity contribution in [2.24, 2.45) is 28.6 Å². The fraction of sp³-hybridized carbons (Fsp3) is 0.756. The van der Waals surface area contributed by atoms with Gasteiger partial charge < -0.3 is 33.9 Å². The van der Waals surface area contributed by atoms with Crippen molar-refractivity contribution < 1.29 is 47.7 Å². The van der Waals surface area contributed by atoms with Gasteiger partial charge in [0.1, 0.15) is 23.9 Å². The Labute approximate surface area is 360 Å². The van der Waals surface area contributed by atoms with E-state index < -0.39 is 60.7 Å². The zero-order valence-corrected chi connectivity index (χ0v) is 38.1. The first-order valence-electron chi connectivity index (χ1n) is 22.0. The summed E-state index contributed by atoms with van der Waals surface area (Å²) in [5.74, 6) is -2.17. The number of H-pyrrole nitrogens is 1. The number of methoxy groups -OCH3 is 1. The topological polar surface area (TPSA) is 184 Å². The number of amides is 2. The van der Waals surface area contributed by atoms with Gasteiger partial charge in [-0.3, -0.25) is 14.7 Å². The number of hydrogen-bond donors (Lipinski definition) is 2. The minimum absolute atomic E-state index is 0.0255. The molecule has 2 heterocycles. The van der Waals surface area contributed by atoms with Gasteiger partial charge in [-0.2, -0.15) is 0 Å². The van der Waals surface area contributed by atoms with E-state index in [1.807, 2.05) is 0 Å². The molecule has 0 aromatic carbocycles. The maximum Gasteiger partial charge on any atom is 0.415 e. The minimum atomic E-state index is -0.925. The van der Waals surface area contributed by atoms with Crippen LogP contribution in [0, 0.1) is 35.2 Å². The molecule has 0 spiro atoms. The number of hydrogen-bond acceptors (Lipinski definition) is 11. The van der Waals surface area contributed by atoms with Crippen LogP contribution in [0.25, 0.3) is 10.5 Å². The third-order valence-electron chi connectivity index (χ3n) is 13.1. The van der Waals surface area contributed by atoms with Crippen LogP contribution in [-0.4, -0.2) is 101 Å². The normalized spacial score (nSPS) is 25.5. The summed E-state index contributed by atoms with van der Waals surface area (Å²) in [4.78, 5) is 76.6. The highest BCUT2D eigenvalue weighted by Crippen LogP contribution is 2.50. The largest absolute Gasteiger partial charge is 0.467 e. The predicted octanol–water partition coefficient (Wildman–Crippen LogP) is 7.91. The monoisotopic (exact) mass is 852 g/mol. The van der Waals surface area contributed by atoms with Gasteiger partial charge in [-0.15, -0.1) is 0 Å². The first-order chi connectivity index (χ1) is 28.7. The van der Waals surface area contributed by atoms with Crippen molar-refractivity contribution >= 4 is 41.2 Å². The molecule has 0 radical (unpaired) electrons. The molecule has 2 N–H and O–H groups in total. The van der Waals surface area contributed by atoms with Crippen molar-refractivity contribution in [1.29, 1.82) is 0 Å². The molecule has 6 unspecified atom stereocenters. The number of fused-ring (bicyclic) bond motifs is 1. The van der Waals surface area contributed by atoms with Crippen molar-refractivity contribution in [1.82, 2.24) is 24.8 Å². The molecule has 3 aliphatic carbocycles. The molecule has 16 heteroatoms. The lowest BCUT2D eigenvalue weighted by molar-refractivity contribution is -0.159. The van der Waals surface area contributed by atoms with Gasteiger partial charge in [0.15, 0.2) is 11.8 Å². The number of nitrogens with zero attached hydrogens (tertiary/aromatic N) is 4. The molecule has 0 aliphatic heterocycles. The molecule has 2 aromatic heterocycles. The quantitative estimate of drug-likeness (QED) is 0.0916. The Kier molecular flexibility index (Phi) is 15.2. The van der Waals surface area contributed by atoms with Crippen LogP contribution < -0.4 is 10.1 Å². The average Bonchev–Trinajstić information content (AvgIpc) is 3.75. The van der Waals surface area contributed by atoms with Crippen LogP contribution in [-0.2, 0) is 33.3 Å². The number of carbonyl (C=O) groups is 5. The zero-order chi connectivity index (χ0) is 45.0. The molecule has 3 aliphatic rings. The predicted molar refractivity (Wildman–Crippen MR) is 226 cm³/mol. The van der Waals surface area contributed by atoms with E-state index in [9.17, 15) is 24.0 Å². The van der Waals surface area contributed by atoms with Crippen molar-refractivity contribution in [2.45, 2.75) is 169 Å². The Morgan fingerprint density at radius 2 is 1.62 bits per heavy atom. The number of carbonyl (C=O) groups excluding carboxylic acids is 5. The Hall–Kier alpha value is -4.65. The summed E-state index contributed by atoms with van der Waals surface area (Å²) >= 11 is 0. The van der Waals surface area contributed by atoms with Crippen LogP contribution in [0.5, 0.6) is 5.88 Å². The fourth-order valence-corrected chi connectivity index (χ4v) is 9.67. The van der Waals surface area contributed by atoms with Gasteiger partial charge in [0.2, 0.25) is 11.8 Å². The highest BCUT2D eigenvalue weighted by molar-refractivity contribution is 6.05. The van der Waals surface area contributed by atoms with Crippen molar-refractivity contribution in [3.8, 4) is 5.88 Å². The van der Waals surface area contributed by atoms with E-state index >= 15 is 0 Å². The Bertz CT molecular complexity index is 1920. The third-order valence-corrected chi connectivity index (χ3v) is 13.1. The van der Waals surface area contributed by atoms with Gasteiger partial charge in [0.25, 0.3) is 5.69 Å². The maximum absolute atomic E-state index is 14.8. The second-order valence-corrected chi connectivity index (χ2v) is 19.6. The molecule has 2 amide bonds. The molecule has 6 atom stereocenters. The molecule has 3 fully saturated rings. The first kappa shape index (κ1) is 47.4. The standard InChI is InChI=1S/C45H68N6O10/c1-13-58-34(53)24-33(52)47-31-23-27(19-20-32(31)59-26(3)41(54)57-12)38-48-39-35(42(55)60-37-29(44(4,5)6)21-25(2)22-30(37)45(7,8)9)36(46-10)40(51(39)49-38)61-43(56)50(11)28-17-15-14-16-18-28/h25-32,37H,13-24H2,1-9,11-12H3,(H,47,52)(H,48,49). The molecule has 0 bridgehead atoms. The van der Waals surface area contributed by atoms with E-state index in [0.29, 0.717) is 24.6 Å². The second kappa shape index (κ2) is 19.6. The van der Waals surface area contributed by atoms with Crippen LogP contribution in [0.4, 0.5) is 10.5 Å². The average molecular weight is 853 g/mol. The van der Waals surface area contributed by atoms with E-state index in [2.05, 4.69) is 63.7 Å². The van der Waals surface area contributed by atoms with Crippen LogP contribution in [0.2, 0.25) is 0 Å². The zero-order valence-electron chi connectivity index (χ0n) is 38.1. The number of aromatic nitrogens is 3. The molecular formula is C45H68N6O10. The number of nitrogens with one attached hydrogen (secondary N) is 2. The number of rotatable bonds is 12. The highest BCUT2D eigenvalue weighted by atomic mass is 16.6. The minimum Gasteiger partial charge on any atom is -0.467 e. The lowest BCUT2D eigenvalue weighted by Crippen LogP contribution is -2.50. The van der Waals surface area contributed by atoms with E-state index in [1.165, 1.54) is 11.6 Å². The van der Waals surface area contributed by atoms with E-state index in [1.54, 1.807) is 25.8 Å².